The lowest BCUT2D eigenvalue weighted by molar-refractivity contribution is 0.127. The summed E-state index contributed by atoms with van der Waals surface area (Å²) in [4.78, 5) is 12.3. The number of carbonyl (C=O) groups is 1. The molecule has 3 nitrogen and oxygen atoms in total. The van der Waals surface area contributed by atoms with E-state index >= 15 is 0 Å². The number of amides is 1. The predicted molar refractivity (Wildman–Crippen MR) is 77.2 cm³/mol. The molecule has 0 aliphatic heterocycles. The number of rotatable bonds is 3. The smallest absolute Gasteiger partial charge is 0.407 e. The third-order valence-electron chi connectivity index (χ3n) is 4.36. The summed E-state index contributed by atoms with van der Waals surface area (Å²) in [7, 11) is 0. The number of hydrogen-bond acceptors (Lipinski definition) is 2. The van der Waals surface area contributed by atoms with E-state index in [0.29, 0.717) is 11.4 Å². The summed E-state index contributed by atoms with van der Waals surface area (Å²) in [5.41, 5.74) is 0.944. The monoisotopic (exact) mass is 323 g/mol. The minimum Gasteiger partial charge on any atom is -0.445 e. The Morgan fingerprint density at radius 1 is 1.42 bits per heavy atom. The Hall–Kier alpha value is -1.03. The van der Waals surface area contributed by atoms with Gasteiger partial charge in [-0.25, -0.2) is 4.79 Å². The van der Waals surface area contributed by atoms with Crippen LogP contribution in [-0.4, -0.2) is 16.5 Å². The quantitative estimate of drug-likeness (QED) is 0.863. The standard InChI is InChI=1S/C15H18BrNO2/c16-13-8-12-6-7-15(13,9-12)17-14(18)19-10-11-4-2-1-3-5-11/h1-5,12-13H,6-10H2,(H,17,18). The van der Waals surface area contributed by atoms with Gasteiger partial charge in [0.1, 0.15) is 6.61 Å². The number of alkyl halides is 1. The highest BCUT2D eigenvalue weighted by atomic mass is 79.9. The molecule has 1 amide bonds. The molecule has 0 saturated heterocycles. The zero-order valence-electron chi connectivity index (χ0n) is 10.8. The van der Waals surface area contributed by atoms with E-state index in [1.807, 2.05) is 30.3 Å². The van der Waals surface area contributed by atoms with Crippen LogP contribution in [0.5, 0.6) is 0 Å². The maximum absolute atomic E-state index is 11.9. The SMILES string of the molecule is O=C(NC12CCC(CC1Br)C2)OCc1ccccc1. The van der Waals surface area contributed by atoms with Gasteiger partial charge in [-0.1, -0.05) is 46.3 Å². The van der Waals surface area contributed by atoms with E-state index in [9.17, 15) is 4.79 Å². The molecule has 2 fully saturated rings. The number of alkyl carbamates (subject to hydrolysis) is 1. The lowest BCUT2D eigenvalue weighted by Crippen LogP contribution is -2.51. The summed E-state index contributed by atoms with van der Waals surface area (Å²) >= 11 is 3.71. The van der Waals surface area contributed by atoms with Crippen molar-refractivity contribution in [3.63, 3.8) is 0 Å². The predicted octanol–water partition coefficient (Wildman–Crippen LogP) is 3.62. The molecule has 19 heavy (non-hydrogen) atoms. The van der Waals surface area contributed by atoms with Crippen molar-refractivity contribution < 1.29 is 9.53 Å². The van der Waals surface area contributed by atoms with Crippen molar-refractivity contribution >= 4 is 22.0 Å². The number of fused-ring (bicyclic) bond motifs is 2. The maximum Gasteiger partial charge on any atom is 0.407 e. The molecule has 3 rings (SSSR count). The van der Waals surface area contributed by atoms with Crippen LogP contribution in [0.2, 0.25) is 0 Å². The number of hydrogen-bond donors (Lipinski definition) is 1. The first-order chi connectivity index (χ1) is 9.18. The molecule has 1 aromatic rings. The largest absolute Gasteiger partial charge is 0.445 e. The van der Waals surface area contributed by atoms with Gasteiger partial charge in [-0.3, -0.25) is 0 Å². The van der Waals surface area contributed by atoms with Gasteiger partial charge in [-0.15, -0.1) is 0 Å². The molecule has 0 heterocycles. The maximum atomic E-state index is 11.9. The third-order valence-corrected chi connectivity index (χ3v) is 5.61. The topological polar surface area (TPSA) is 38.3 Å². The minimum absolute atomic E-state index is 0.0710. The second-order valence-electron chi connectivity index (χ2n) is 5.65. The van der Waals surface area contributed by atoms with Gasteiger partial charge >= 0.3 is 6.09 Å². The van der Waals surface area contributed by atoms with Crippen LogP contribution in [0.3, 0.4) is 0 Å². The zero-order valence-corrected chi connectivity index (χ0v) is 12.4. The summed E-state index contributed by atoms with van der Waals surface area (Å²) in [6.45, 7) is 0.332. The van der Waals surface area contributed by atoms with E-state index in [0.717, 1.165) is 24.3 Å². The highest BCUT2D eigenvalue weighted by Gasteiger charge is 2.52. The fraction of sp³-hybridized carbons (Fsp3) is 0.533. The van der Waals surface area contributed by atoms with Crippen LogP contribution in [0.1, 0.15) is 31.2 Å². The van der Waals surface area contributed by atoms with Gasteiger partial charge in [0, 0.05) is 4.83 Å². The third kappa shape index (κ3) is 2.64. The first-order valence-electron chi connectivity index (χ1n) is 6.81. The number of ether oxygens (including phenoxy) is 1. The summed E-state index contributed by atoms with van der Waals surface area (Å²) in [6, 6.07) is 9.76. The van der Waals surface area contributed by atoms with E-state index in [-0.39, 0.29) is 11.6 Å². The Labute approximate surface area is 121 Å². The van der Waals surface area contributed by atoms with Crippen LogP contribution in [0.25, 0.3) is 0 Å². The number of benzene rings is 1. The Balaban J connectivity index is 1.54. The lowest BCUT2D eigenvalue weighted by atomic mass is 9.94. The van der Waals surface area contributed by atoms with Crippen LogP contribution in [0.4, 0.5) is 4.79 Å². The molecule has 2 saturated carbocycles. The molecule has 0 spiro atoms. The van der Waals surface area contributed by atoms with Gasteiger partial charge in [0.15, 0.2) is 0 Å². The van der Waals surface area contributed by atoms with Gasteiger partial charge in [-0.2, -0.15) is 0 Å². The molecule has 3 atom stereocenters. The first kappa shape index (κ1) is 13.0. The van der Waals surface area contributed by atoms with Crippen LogP contribution < -0.4 is 5.32 Å². The Kier molecular flexibility index (Phi) is 3.52. The zero-order chi connectivity index (χ0) is 13.3. The van der Waals surface area contributed by atoms with Crippen LogP contribution in [0.15, 0.2) is 30.3 Å². The second kappa shape index (κ2) is 5.16. The van der Waals surface area contributed by atoms with E-state index in [4.69, 9.17) is 4.74 Å². The highest BCUT2D eigenvalue weighted by molar-refractivity contribution is 9.09. The van der Waals surface area contributed by atoms with Crippen molar-refractivity contribution in [3.8, 4) is 0 Å². The molecule has 0 radical (unpaired) electrons. The lowest BCUT2D eigenvalue weighted by Gasteiger charge is -2.32. The molecule has 3 unspecified atom stereocenters. The van der Waals surface area contributed by atoms with Gasteiger partial charge < -0.3 is 10.1 Å². The van der Waals surface area contributed by atoms with Crippen molar-refractivity contribution in [1.82, 2.24) is 5.32 Å². The fourth-order valence-electron chi connectivity index (χ4n) is 3.34. The number of carbonyl (C=O) groups excluding carboxylic acids is 1. The summed E-state index contributed by atoms with van der Waals surface area (Å²) in [5.74, 6) is 0.763. The van der Waals surface area contributed by atoms with Gasteiger partial charge in [0.05, 0.1) is 5.54 Å². The average Bonchev–Trinajstić information content (AvgIpc) is 2.94. The summed E-state index contributed by atoms with van der Waals surface area (Å²) in [5, 5.41) is 3.10. The Morgan fingerprint density at radius 2 is 2.21 bits per heavy atom. The fourth-order valence-corrected chi connectivity index (χ4v) is 4.40. The van der Waals surface area contributed by atoms with E-state index < -0.39 is 0 Å². The minimum atomic E-state index is -0.296. The molecule has 2 bridgehead atoms. The molecular formula is C15H18BrNO2. The van der Waals surface area contributed by atoms with E-state index in [1.54, 1.807) is 0 Å². The average molecular weight is 324 g/mol. The van der Waals surface area contributed by atoms with E-state index in [1.165, 1.54) is 12.8 Å². The van der Waals surface area contributed by atoms with Crippen LogP contribution in [-0.2, 0) is 11.3 Å². The van der Waals surface area contributed by atoms with E-state index in [2.05, 4.69) is 21.2 Å². The Morgan fingerprint density at radius 3 is 2.84 bits per heavy atom. The van der Waals surface area contributed by atoms with Gasteiger partial charge in [-0.05, 0) is 37.2 Å². The molecule has 2 aliphatic rings. The van der Waals surface area contributed by atoms with Gasteiger partial charge in [0.2, 0.25) is 0 Å². The molecule has 4 heteroatoms. The van der Waals surface area contributed by atoms with Crippen molar-refractivity contribution in [2.24, 2.45) is 5.92 Å². The number of halogens is 1. The molecule has 2 aliphatic carbocycles. The summed E-state index contributed by atoms with van der Waals surface area (Å²) in [6.07, 6.45) is 4.24. The Bertz CT molecular complexity index is 464. The molecule has 1 N–H and O–H groups in total. The van der Waals surface area contributed by atoms with Crippen molar-refractivity contribution in [1.29, 1.82) is 0 Å². The second-order valence-corrected chi connectivity index (χ2v) is 6.76. The highest BCUT2D eigenvalue weighted by Crippen LogP contribution is 2.50. The summed E-state index contributed by atoms with van der Waals surface area (Å²) < 4.78 is 5.31. The van der Waals surface area contributed by atoms with Crippen molar-refractivity contribution in [2.75, 3.05) is 0 Å². The van der Waals surface area contributed by atoms with Crippen molar-refractivity contribution in [2.45, 2.75) is 42.7 Å². The van der Waals surface area contributed by atoms with Gasteiger partial charge in [0.25, 0.3) is 0 Å². The molecule has 102 valence electrons. The molecule has 0 aromatic heterocycles. The first-order valence-corrected chi connectivity index (χ1v) is 7.72. The van der Waals surface area contributed by atoms with Crippen molar-refractivity contribution in [3.05, 3.63) is 35.9 Å². The van der Waals surface area contributed by atoms with Crippen LogP contribution in [0, 0.1) is 5.92 Å². The molecule has 1 aromatic carbocycles. The van der Waals surface area contributed by atoms with Crippen LogP contribution >= 0.6 is 15.9 Å². The molecular weight excluding hydrogens is 306 g/mol. The normalized spacial score (nSPS) is 32.3. The number of nitrogens with one attached hydrogen (secondary N) is 1.